The summed E-state index contributed by atoms with van der Waals surface area (Å²) in [5.41, 5.74) is -2.50. The van der Waals surface area contributed by atoms with E-state index >= 15 is 0 Å². The summed E-state index contributed by atoms with van der Waals surface area (Å²) in [6, 6.07) is 0. The Bertz CT molecular complexity index is 373. The zero-order chi connectivity index (χ0) is 13.4. The van der Waals surface area contributed by atoms with Crippen molar-refractivity contribution in [2.75, 3.05) is 6.54 Å². The lowest BCUT2D eigenvalue weighted by atomic mass is 10.2. The molecule has 1 heterocycles. The quantitative estimate of drug-likeness (QED) is 0.684. The number of ether oxygens (including phenoxy) is 1. The maximum atomic E-state index is 11.8. The molecular weight excluding hydrogens is 228 g/mol. The molecule has 17 heavy (non-hydrogen) atoms. The summed E-state index contributed by atoms with van der Waals surface area (Å²) in [6.45, 7) is 5.90. The third kappa shape index (κ3) is 2.66. The number of nitrogens with one attached hydrogen (secondary N) is 1. The standard InChI is InChI=1S/C10H16N2O5/c1-9(2,3)17-8(16)12-5-6(13)11-10(12,4)7(14)15/h5H2,1-4H3,(H,11,13)(H,14,15). The van der Waals surface area contributed by atoms with Crippen LogP contribution in [0, 0.1) is 0 Å². The van der Waals surface area contributed by atoms with Gasteiger partial charge in [0.25, 0.3) is 0 Å². The highest BCUT2D eigenvalue weighted by atomic mass is 16.6. The molecule has 1 aliphatic heterocycles. The molecule has 0 aromatic carbocycles. The first-order valence-corrected chi connectivity index (χ1v) is 5.11. The molecule has 0 saturated carbocycles. The highest BCUT2D eigenvalue weighted by Gasteiger charge is 2.51. The molecular formula is C10H16N2O5. The fraction of sp³-hybridized carbons (Fsp3) is 0.700. The third-order valence-corrected chi connectivity index (χ3v) is 2.25. The van der Waals surface area contributed by atoms with E-state index in [0.29, 0.717) is 0 Å². The normalized spacial score (nSPS) is 24.5. The number of amides is 2. The fourth-order valence-electron chi connectivity index (χ4n) is 1.41. The Balaban J connectivity index is 2.92. The Morgan fingerprint density at radius 1 is 1.47 bits per heavy atom. The first-order valence-electron chi connectivity index (χ1n) is 5.11. The van der Waals surface area contributed by atoms with Crippen molar-refractivity contribution in [2.45, 2.75) is 39.0 Å². The van der Waals surface area contributed by atoms with Crippen molar-refractivity contribution >= 4 is 18.0 Å². The van der Waals surface area contributed by atoms with E-state index in [1.165, 1.54) is 6.92 Å². The summed E-state index contributed by atoms with van der Waals surface area (Å²) >= 11 is 0. The van der Waals surface area contributed by atoms with Gasteiger partial charge in [0.05, 0.1) is 0 Å². The molecule has 2 N–H and O–H groups in total. The van der Waals surface area contributed by atoms with Crippen LogP contribution in [0.25, 0.3) is 0 Å². The molecule has 2 amide bonds. The van der Waals surface area contributed by atoms with Gasteiger partial charge in [-0.3, -0.25) is 9.69 Å². The van der Waals surface area contributed by atoms with Gasteiger partial charge < -0.3 is 15.2 Å². The Hall–Kier alpha value is -1.79. The Kier molecular flexibility index (Phi) is 3.05. The molecule has 0 aromatic heterocycles. The number of carbonyl (C=O) groups is 3. The number of hydrogen-bond donors (Lipinski definition) is 2. The molecule has 1 aliphatic rings. The predicted octanol–water partition coefficient (Wildman–Crippen LogP) is 0.154. The van der Waals surface area contributed by atoms with E-state index < -0.39 is 29.2 Å². The lowest BCUT2D eigenvalue weighted by molar-refractivity contribution is -0.150. The summed E-state index contributed by atoms with van der Waals surface area (Å²) in [5, 5.41) is 11.3. The molecule has 0 aliphatic carbocycles. The van der Waals surface area contributed by atoms with Gasteiger partial charge >= 0.3 is 12.1 Å². The molecule has 0 aromatic rings. The molecule has 96 valence electrons. The van der Waals surface area contributed by atoms with E-state index in [1.54, 1.807) is 20.8 Å². The van der Waals surface area contributed by atoms with Crippen molar-refractivity contribution in [1.29, 1.82) is 0 Å². The third-order valence-electron chi connectivity index (χ3n) is 2.25. The van der Waals surface area contributed by atoms with Crippen LogP contribution < -0.4 is 5.32 Å². The first kappa shape index (κ1) is 13.3. The number of carboxylic acid groups (broad SMARTS) is 1. The molecule has 1 unspecified atom stereocenters. The van der Waals surface area contributed by atoms with E-state index in [4.69, 9.17) is 9.84 Å². The van der Waals surface area contributed by atoms with Crippen LogP contribution in [0.1, 0.15) is 27.7 Å². The predicted molar refractivity (Wildman–Crippen MR) is 57.1 cm³/mol. The fourth-order valence-corrected chi connectivity index (χ4v) is 1.41. The maximum Gasteiger partial charge on any atom is 0.413 e. The molecule has 0 spiro atoms. The SMILES string of the molecule is CC(C)(C)OC(=O)N1CC(=O)NC1(C)C(=O)O. The number of aliphatic carboxylic acids is 1. The van der Waals surface area contributed by atoms with Gasteiger partial charge in [-0.25, -0.2) is 9.59 Å². The van der Waals surface area contributed by atoms with E-state index in [2.05, 4.69) is 5.32 Å². The second-order valence-electron chi connectivity index (χ2n) is 4.99. The molecule has 1 saturated heterocycles. The van der Waals surface area contributed by atoms with Crippen LogP contribution in [0.2, 0.25) is 0 Å². The summed E-state index contributed by atoms with van der Waals surface area (Å²) < 4.78 is 5.05. The number of rotatable bonds is 1. The van der Waals surface area contributed by atoms with Crippen LogP contribution in [0.15, 0.2) is 0 Å². The zero-order valence-electron chi connectivity index (χ0n) is 10.2. The minimum absolute atomic E-state index is 0.322. The van der Waals surface area contributed by atoms with Crippen molar-refractivity contribution in [1.82, 2.24) is 10.2 Å². The van der Waals surface area contributed by atoms with Crippen LogP contribution in [0.3, 0.4) is 0 Å². The van der Waals surface area contributed by atoms with Gasteiger partial charge in [-0.15, -0.1) is 0 Å². The molecule has 0 radical (unpaired) electrons. The second kappa shape index (κ2) is 3.90. The monoisotopic (exact) mass is 244 g/mol. The van der Waals surface area contributed by atoms with Gasteiger partial charge in [0.15, 0.2) is 0 Å². The number of carbonyl (C=O) groups excluding carboxylic acids is 2. The second-order valence-corrected chi connectivity index (χ2v) is 4.99. The smallest absolute Gasteiger partial charge is 0.413 e. The van der Waals surface area contributed by atoms with Crippen LogP contribution in [-0.2, 0) is 14.3 Å². The van der Waals surface area contributed by atoms with Crippen LogP contribution in [0.4, 0.5) is 4.79 Å². The Morgan fingerprint density at radius 2 is 2.00 bits per heavy atom. The van der Waals surface area contributed by atoms with Crippen LogP contribution >= 0.6 is 0 Å². The summed E-state index contributed by atoms with van der Waals surface area (Å²) in [4.78, 5) is 34.9. The first-order chi connectivity index (χ1) is 7.56. The highest BCUT2D eigenvalue weighted by molar-refractivity contribution is 5.96. The zero-order valence-corrected chi connectivity index (χ0v) is 10.2. The largest absolute Gasteiger partial charge is 0.478 e. The van der Waals surface area contributed by atoms with Crippen molar-refractivity contribution in [3.8, 4) is 0 Å². The van der Waals surface area contributed by atoms with E-state index in [9.17, 15) is 14.4 Å². The molecule has 7 heteroatoms. The van der Waals surface area contributed by atoms with E-state index in [1.807, 2.05) is 0 Å². The van der Waals surface area contributed by atoms with E-state index in [0.717, 1.165) is 4.90 Å². The van der Waals surface area contributed by atoms with Gasteiger partial charge in [-0.1, -0.05) is 0 Å². The van der Waals surface area contributed by atoms with Gasteiger partial charge in [0, 0.05) is 0 Å². The molecule has 1 atom stereocenters. The summed E-state index contributed by atoms with van der Waals surface area (Å²) in [6.07, 6.45) is -0.833. The highest BCUT2D eigenvalue weighted by Crippen LogP contribution is 2.21. The van der Waals surface area contributed by atoms with Gasteiger partial charge in [0.1, 0.15) is 12.1 Å². The molecule has 0 bridgehead atoms. The number of carboxylic acids is 1. The Labute approximate surface area is 98.7 Å². The van der Waals surface area contributed by atoms with Crippen LogP contribution in [0.5, 0.6) is 0 Å². The van der Waals surface area contributed by atoms with Crippen LogP contribution in [-0.4, -0.2) is 45.8 Å². The number of hydrogen-bond acceptors (Lipinski definition) is 4. The van der Waals surface area contributed by atoms with Crippen molar-refractivity contribution in [3.63, 3.8) is 0 Å². The number of nitrogens with zero attached hydrogens (tertiary/aromatic N) is 1. The minimum Gasteiger partial charge on any atom is -0.478 e. The minimum atomic E-state index is -1.75. The van der Waals surface area contributed by atoms with Gasteiger partial charge in [-0.2, -0.15) is 0 Å². The van der Waals surface area contributed by atoms with E-state index in [-0.39, 0.29) is 6.54 Å². The lowest BCUT2D eigenvalue weighted by Crippen LogP contribution is -2.58. The summed E-state index contributed by atoms with van der Waals surface area (Å²) in [7, 11) is 0. The lowest BCUT2D eigenvalue weighted by Gasteiger charge is -2.31. The van der Waals surface area contributed by atoms with Gasteiger partial charge in [-0.05, 0) is 27.7 Å². The molecule has 1 fully saturated rings. The molecule has 7 nitrogen and oxygen atoms in total. The topological polar surface area (TPSA) is 95.9 Å². The summed E-state index contributed by atoms with van der Waals surface area (Å²) in [5.74, 6) is -1.84. The average molecular weight is 244 g/mol. The Morgan fingerprint density at radius 3 is 2.41 bits per heavy atom. The van der Waals surface area contributed by atoms with Crippen molar-refractivity contribution < 1.29 is 24.2 Å². The van der Waals surface area contributed by atoms with Gasteiger partial charge in [0.2, 0.25) is 11.6 Å². The van der Waals surface area contributed by atoms with Crippen molar-refractivity contribution in [3.05, 3.63) is 0 Å². The maximum absolute atomic E-state index is 11.8. The van der Waals surface area contributed by atoms with Crippen molar-refractivity contribution in [2.24, 2.45) is 0 Å². The average Bonchev–Trinajstić information content (AvgIpc) is 2.40. The molecule has 1 rings (SSSR count).